The maximum absolute atomic E-state index is 12.3. The van der Waals surface area contributed by atoms with Crippen LogP contribution in [0.15, 0.2) is 36.4 Å². The van der Waals surface area contributed by atoms with Crippen molar-refractivity contribution in [2.45, 2.75) is 20.3 Å². The topological polar surface area (TPSA) is 62.6 Å². The smallest absolute Gasteiger partial charge is 0.279 e. The molecule has 0 heterocycles. The Hall–Kier alpha value is -2.08. The molecule has 2 rings (SSSR count). The number of halogens is 2. The van der Waals surface area contributed by atoms with E-state index in [0.29, 0.717) is 23.0 Å². The van der Waals surface area contributed by atoms with E-state index in [9.17, 15) is 9.59 Å². The number of rotatable bonds is 8. The summed E-state index contributed by atoms with van der Waals surface area (Å²) in [6, 6.07) is 11.2. The van der Waals surface area contributed by atoms with Crippen LogP contribution < -0.4 is 15.5 Å². The maximum Gasteiger partial charge on any atom is 0.279 e. The van der Waals surface area contributed by atoms with Gasteiger partial charge in [0.15, 0.2) is 13.1 Å². The molecule has 5 nitrogen and oxygen atoms in total. The van der Waals surface area contributed by atoms with Crippen LogP contribution in [0.5, 0.6) is 0 Å². The second kappa shape index (κ2) is 10.5. The van der Waals surface area contributed by atoms with Crippen LogP contribution in [0.1, 0.15) is 16.7 Å². The summed E-state index contributed by atoms with van der Waals surface area (Å²) in [6.45, 7) is 4.82. The highest BCUT2D eigenvalue weighted by molar-refractivity contribution is 6.35. The van der Waals surface area contributed by atoms with E-state index in [1.165, 1.54) is 0 Å². The van der Waals surface area contributed by atoms with Crippen LogP contribution in [-0.2, 0) is 16.0 Å². The minimum absolute atomic E-state index is 0.109. The number of anilines is 1. The van der Waals surface area contributed by atoms with Gasteiger partial charge in [-0.3, -0.25) is 9.59 Å². The fraction of sp³-hybridized carbons (Fsp3) is 0.333. The molecule has 7 heteroatoms. The number of likely N-dealkylation sites (N-methyl/N-ethyl adjacent to an activating group) is 1. The third kappa shape index (κ3) is 6.82. The Balaban J connectivity index is 1.75. The van der Waals surface area contributed by atoms with Gasteiger partial charge in [-0.15, -0.1) is 0 Å². The van der Waals surface area contributed by atoms with Gasteiger partial charge in [-0.05, 0) is 49.1 Å². The standard InChI is InChI=1S/C21H25Cl2N3O2/c1-14-5-4-6-15(2)21(14)25-20(28)13-26(3)12-19(27)24-10-9-16-7-8-17(22)11-18(16)23/h4-8,11H,9-10,12-13H2,1-3H3,(H,24,27)(H,25,28)/p+1. The Morgan fingerprint density at radius 3 is 2.29 bits per heavy atom. The van der Waals surface area contributed by atoms with Gasteiger partial charge in [0.2, 0.25) is 0 Å². The van der Waals surface area contributed by atoms with E-state index in [-0.39, 0.29) is 24.9 Å². The highest BCUT2D eigenvalue weighted by Crippen LogP contribution is 2.21. The fourth-order valence-corrected chi connectivity index (χ4v) is 3.43. The molecule has 2 amide bonds. The SMILES string of the molecule is Cc1cccc(C)c1NC(=O)C[NH+](C)CC(=O)NCCc1ccc(Cl)cc1Cl. The van der Waals surface area contributed by atoms with Gasteiger partial charge in [0.05, 0.1) is 7.05 Å². The minimum Gasteiger partial charge on any atom is -0.351 e. The second-order valence-corrected chi connectivity index (χ2v) is 7.80. The first kappa shape index (κ1) is 22.2. The second-order valence-electron chi connectivity index (χ2n) is 6.96. The van der Waals surface area contributed by atoms with Crippen LogP contribution in [0, 0.1) is 13.8 Å². The molecule has 1 atom stereocenters. The Morgan fingerprint density at radius 2 is 1.64 bits per heavy atom. The Bertz CT molecular complexity index is 835. The van der Waals surface area contributed by atoms with Crippen molar-refractivity contribution in [3.05, 3.63) is 63.1 Å². The lowest BCUT2D eigenvalue weighted by Crippen LogP contribution is -3.11. The van der Waals surface area contributed by atoms with Crippen LogP contribution in [0.2, 0.25) is 10.0 Å². The van der Waals surface area contributed by atoms with Crippen LogP contribution in [0.25, 0.3) is 0 Å². The number of quaternary nitrogens is 1. The molecule has 0 saturated carbocycles. The van der Waals surface area contributed by atoms with E-state index in [2.05, 4.69) is 10.6 Å². The van der Waals surface area contributed by atoms with Gasteiger partial charge in [0.25, 0.3) is 11.8 Å². The first-order valence-corrected chi connectivity index (χ1v) is 9.90. The van der Waals surface area contributed by atoms with Gasteiger partial charge in [0, 0.05) is 22.3 Å². The molecular weight excluding hydrogens is 397 g/mol. The van der Waals surface area contributed by atoms with Gasteiger partial charge in [-0.25, -0.2) is 0 Å². The molecule has 150 valence electrons. The average molecular weight is 423 g/mol. The fourth-order valence-electron chi connectivity index (χ4n) is 2.93. The monoisotopic (exact) mass is 422 g/mol. The normalized spacial score (nSPS) is 11.8. The first-order chi connectivity index (χ1) is 13.3. The molecule has 0 saturated heterocycles. The Labute approximate surface area is 176 Å². The summed E-state index contributed by atoms with van der Waals surface area (Å²) in [5, 5.41) is 6.98. The third-order valence-corrected chi connectivity index (χ3v) is 4.99. The predicted molar refractivity (Wildman–Crippen MR) is 114 cm³/mol. The van der Waals surface area contributed by atoms with E-state index in [4.69, 9.17) is 23.2 Å². The quantitative estimate of drug-likeness (QED) is 0.611. The van der Waals surface area contributed by atoms with E-state index in [0.717, 1.165) is 27.3 Å². The molecular formula is C21H26Cl2N3O2+. The van der Waals surface area contributed by atoms with Crippen molar-refractivity contribution in [2.24, 2.45) is 0 Å². The third-order valence-electron chi connectivity index (χ3n) is 4.40. The molecule has 0 aliphatic carbocycles. The van der Waals surface area contributed by atoms with E-state index < -0.39 is 0 Å². The Kier molecular flexibility index (Phi) is 8.30. The number of hydrogen-bond donors (Lipinski definition) is 3. The molecule has 1 unspecified atom stereocenters. The highest BCUT2D eigenvalue weighted by Gasteiger charge is 2.15. The molecule has 0 radical (unpaired) electrons. The van der Waals surface area contributed by atoms with Crippen LogP contribution >= 0.6 is 23.2 Å². The zero-order chi connectivity index (χ0) is 20.7. The van der Waals surface area contributed by atoms with Crippen molar-refractivity contribution in [3.63, 3.8) is 0 Å². The lowest BCUT2D eigenvalue weighted by Gasteiger charge is -2.15. The van der Waals surface area contributed by atoms with Crippen LogP contribution in [0.4, 0.5) is 5.69 Å². The largest absolute Gasteiger partial charge is 0.351 e. The summed E-state index contributed by atoms with van der Waals surface area (Å²) >= 11 is 12.0. The van der Waals surface area contributed by atoms with Crippen molar-refractivity contribution in [2.75, 3.05) is 32.0 Å². The summed E-state index contributed by atoms with van der Waals surface area (Å²) in [7, 11) is 1.82. The molecule has 0 fully saturated rings. The van der Waals surface area contributed by atoms with Gasteiger partial charge < -0.3 is 15.5 Å². The number of hydrogen-bond acceptors (Lipinski definition) is 2. The summed E-state index contributed by atoms with van der Waals surface area (Å²) < 4.78 is 0. The minimum atomic E-state index is -0.115. The average Bonchev–Trinajstić information content (AvgIpc) is 2.60. The lowest BCUT2D eigenvalue weighted by atomic mass is 10.1. The summed E-state index contributed by atoms with van der Waals surface area (Å²) in [5.74, 6) is -0.224. The molecule has 0 aliphatic rings. The summed E-state index contributed by atoms with van der Waals surface area (Å²) in [5.41, 5.74) is 3.80. The van der Waals surface area contributed by atoms with Crippen molar-refractivity contribution < 1.29 is 14.5 Å². The van der Waals surface area contributed by atoms with Gasteiger partial charge >= 0.3 is 0 Å². The molecule has 2 aromatic carbocycles. The molecule has 3 N–H and O–H groups in total. The number of nitrogens with one attached hydrogen (secondary N) is 3. The number of carbonyl (C=O) groups excluding carboxylic acids is 2. The molecule has 2 aromatic rings. The number of amides is 2. The van der Waals surface area contributed by atoms with Crippen molar-refractivity contribution >= 4 is 40.7 Å². The summed E-state index contributed by atoms with van der Waals surface area (Å²) in [4.78, 5) is 25.2. The molecule has 0 spiro atoms. The zero-order valence-corrected chi connectivity index (χ0v) is 17.9. The number of carbonyl (C=O) groups is 2. The summed E-state index contributed by atoms with van der Waals surface area (Å²) in [6.07, 6.45) is 0.619. The number of aryl methyl sites for hydroxylation is 2. The zero-order valence-electron chi connectivity index (χ0n) is 16.4. The van der Waals surface area contributed by atoms with E-state index in [1.807, 2.05) is 45.2 Å². The Morgan fingerprint density at radius 1 is 1.00 bits per heavy atom. The van der Waals surface area contributed by atoms with Crippen molar-refractivity contribution in [3.8, 4) is 0 Å². The van der Waals surface area contributed by atoms with Crippen molar-refractivity contribution in [1.29, 1.82) is 0 Å². The van der Waals surface area contributed by atoms with Crippen LogP contribution in [0.3, 0.4) is 0 Å². The van der Waals surface area contributed by atoms with Gasteiger partial charge in [-0.1, -0.05) is 47.5 Å². The lowest BCUT2D eigenvalue weighted by molar-refractivity contribution is -0.862. The van der Waals surface area contributed by atoms with Gasteiger partial charge in [0.1, 0.15) is 0 Å². The maximum atomic E-state index is 12.3. The molecule has 0 aliphatic heterocycles. The molecule has 0 aromatic heterocycles. The first-order valence-electron chi connectivity index (χ1n) is 9.14. The van der Waals surface area contributed by atoms with Crippen LogP contribution in [-0.4, -0.2) is 38.5 Å². The van der Waals surface area contributed by atoms with E-state index in [1.54, 1.807) is 12.1 Å². The van der Waals surface area contributed by atoms with Gasteiger partial charge in [-0.2, -0.15) is 0 Å². The predicted octanol–water partition coefficient (Wildman–Crippen LogP) is 2.42. The number of benzene rings is 2. The molecule has 0 bridgehead atoms. The number of para-hydroxylation sites is 1. The highest BCUT2D eigenvalue weighted by atomic mass is 35.5. The van der Waals surface area contributed by atoms with Crippen molar-refractivity contribution in [1.82, 2.24) is 5.32 Å². The van der Waals surface area contributed by atoms with E-state index >= 15 is 0 Å². The molecule has 28 heavy (non-hydrogen) atoms.